The molecule has 2 N–H and O–H groups in total. The lowest BCUT2D eigenvalue weighted by Gasteiger charge is -2.08. The van der Waals surface area contributed by atoms with Crippen molar-refractivity contribution in [2.24, 2.45) is 0 Å². The Bertz CT molecular complexity index is 549. The monoisotopic (exact) mass is 262 g/mol. The average Bonchev–Trinajstić information content (AvgIpc) is 2.67. The summed E-state index contributed by atoms with van der Waals surface area (Å²) >= 11 is 1.55. The van der Waals surface area contributed by atoms with Gasteiger partial charge in [-0.05, 0) is 30.5 Å². The lowest BCUT2D eigenvalue weighted by molar-refractivity contribution is 0.410. The molecule has 0 aliphatic carbocycles. The number of aromatic nitrogens is 1. The van der Waals surface area contributed by atoms with Gasteiger partial charge in [0.2, 0.25) is 0 Å². The first-order valence-electron chi connectivity index (χ1n) is 6.01. The van der Waals surface area contributed by atoms with Crippen LogP contribution in [0.5, 0.6) is 5.75 Å². The van der Waals surface area contributed by atoms with Crippen LogP contribution in [-0.2, 0) is 12.8 Å². The Morgan fingerprint density at radius 1 is 1.39 bits per heavy atom. The molecule has 2 rings (SSSR count). The van der Waals surface area contributed by atoms with Gasteiger partial charge in [0.15, 0.2) is 5.13 Å². The van der Waals surface area contributed by atoms with Crippen molar-refractivity contribution < 1.29 is 4.74 Å². The molecule has 0 fully saturated rings. The number of hydrogen-bond acceptors (Lipinski definition) is 4. The molecule has 0 spiro atoms. The van der Waals surface area contributed by atoms with Gasteiger partial charge in [-0.2, -0.15) is 0 Å². The van der Waals surface area contributed by atoms with Crippen LogP contribution in [0, 0.1) is 6.92 Å². The van der Waals surface area contributed by atoms with Gasteiger partial charge >= 0.3 is 0 Å². The molecular weight excluding hydrogens is 244 g/mol. The first kappa shape index (κ1) is 12.9. The minimum atomic E-state index is 0.645. The van der Waals surface area contributed by atoms with Gasteiger partial charge in [-0.15, -0.1) is 11.3 Å². The van der Waals surface area contributed by atoms with Crippen LogP contribution in [0.3, 0.4) is 0 Å². The first-order valence-corrected chi connectivity index (χ1v) is 6.83. The predicted molar refractivity (Wildman–Crippen MR) is 76.4 cm³/mol. The van der Waals surface area contributed by atoms with Crippen LogP contribution >= 0.6 is 11.3 Å². The van der Waals surface area contributed by atoms with E-state index in [9.17, 15) is 0 Å². The van der Waals surface area contributed by atoms with Gasteiger partial charge in [0, 0.05) is 11.3 Å². The lowest BCUT2D eigenvalue weighted by atomic mass is 10.0. The molecule has 4 heteroatoms. The molecule has 96 valence electrons. The third kappa shape index (κ3) is 2.64. The van der Waals surface area contributed by atoms with E-state index in [0.29, 0.717) is 5.13 Å². The SMILES string of the molecule is CCc1cc(Cc2nc(N)sc2C)ccc1OC. The number of benzene rings is 1. The van der Waals surface area contributed by atoms with E-state index in [0.717, 1.165) is 24.3 Å². The smallest absolute Gasteiger partial charge is 0.180 e. The highest BCUT2D eigenvalue weighted by Crippen LogP contribution is 2.25. The van der Waals surface area contributed by atoms with Gasteiger partial charge in [0.05, 0.1) is 12.8 Å². The van der Waals surface area contributed by atoms with Gasteiger partial charge in [-0.3, -0.25) is 0 Å². The third-order valence-electron chi connectivity index (χ3n) is 3.01. The number of hydrogen-bond donors (Lipinski definition) is 1. The maximum Gasteiger partial charge on any atom is 0.180 e. The third-order valence-corrected chi connectivity index (χ3v) is 3.85. The molecule has 1 aromatic carbocycles. The van der Waals surface area contributed by atoms with Crippen molar-refractivity contribution in [2.45, 2.75) is 26.7 Å². The molecule has 0 amide bonds. The van der Waals surface area contributed by atoms with E-state index in [2.05, 4.69) is 31.0 Å². The summed E-state index contributed by atoms with van der Waals surface area (Å²) in [6.07, 6.45) is 1.80. The molecule has 0 bridgehead atoms. The van der Waals surface area contributed by atoms with Crippen molar-refractivity contribution in [1.82, 2.24) is 4.98 Å². The number of nitrogen functional groups attached to an aromatic ring is 1. The second kappa shape index (κ2) is 5.40. The van der Waals surface area contributed by atoms with E-state index in [-0.39, 0.29) is 0 Å². The molecular formula is C14H18N2OS. The van der Waals surface area contributed by atoms with Crippen LogP contribution in [0.4, 0.5) is 5.13 Å². The highest BCUT2D eigenvalue weighted by molar-refractivity contribution is 7.15. The summed E-state index contributed by atoms with van der Waals surface area (Å²) < 4.78 is 5.34. The van der Waals surface area contributed by atoms with Crippen LogP contribution in [0.25, 0.3) is 0 Å². The van der Waals surface area contributed by atoms with Gasteiger partial charge in [0.25, 0.3) is 0 Å². The zero-order chi connectivity index (χ0) is 13.1. The zero-order valence-corrected chi connectivity index (χ0v) is 11.8. The molecule has 0 atom stereocenters. The van der Waals surface area contributed by atoms with E-state index in [1.54, 1.807) is 18.4 Å². The minimum Gasteiger partial charge on any atom is -0.496 e. The van der Waals surface area contributed by atoms with Crippen LogP contribution in [0.2, 0.25) is 0 Å². The van der Waals surface area contributed by atoms with E-state index in [4.69, 9.17) is 10.5 Å². The molecule has 0 radical (unpaired) electrons. The van der Waals surface area contributed by atoms with E-state index < -0.39 is 0 Å². The number of thiazole rings is 1. The molecule has 0 aliphatic rings. The molecule has 3 nitrogen and oxygen atoms in total. The predicted octanol–water partition coefficient (Wildman–Crippen LogP) is 3.20. The molecule has 18 heavy (non-hydrogen) atoms. The summed E-state index contributed by atoms with van der Waals surface area (Å²) in [5.74, 6) is 0.954. The fraction of sp³-hybridized carbons (Fsp3) is 0.357. The maximum absolute atomic E-state index is 5.72. The normalized spacial score (nSPS) is 10.6. The Morgan fingerprint density at radius 3 is 2.72 bits per heavy atom. The molecule has 0 aliphatic heterocycles. The molecule has 0 saturated heterocycles. The quantitative estimate of drug-likeness (QED) is 0.920. The Morgan fingerprint density at radius 2 is 2.17 bits per heavy atom. The second-order valence-corrected chi connectivity index (χ2v) is 5.47. The highest BCUT2D eigenvalue weighted by Gasteiger charge is 2.08. The van der Waals surface area contributed by atoms with Gasteiger partial charge in [-0.25, -0.2) is 4.98 Å². The summed E-state index contributed by atoms with van der Waals surface area (Å²) in [4.78, 5) is 5.56. The largest absolute Gasteiger partial charge is 0.496 e. The standard InChI is InChI=1S/C14H18N2OS/c1-4-11-7-10(5-6-13(11)17-3)8-12-9(2)18-14(15)16-12/h5-7H,4,8H2,1-3H3,(H2,15,16). The number of nitrogens with zero attached hydrogens (tertiary/aromatic N) is 1. The van der Waals surface area contributed by atoms with E-state index >= 15 is 0 Å². The van der Waals surface area contributed by atoms with Crippen molar-refractivity contribution in [3.8, 4) is 5.75 Å². The Kier molecular flexibility index (Phi) is 3.87. The van der Waals surface area contributed by atoms with E-state index in [1.165, 1.54) is 16.0 Å². The van der Waals surface area contributed by atoms with Crippen molar-refractivity contribution in [2.75, 3.05) is 12.8 Å². The molecule has 0 unspecified atom stereocenters. The maximum atomic E-state index is 5.72. The van der Waals surface area contributed by atoms with Crippen LogP contribution in [0.15, 0.2) is 18.2 Å². The van der Waals surface area contributed by atoms with Crippen LogP contribution in [0.1, 0.15) is 28.6 Å². The van der Waals surface area contributed by atoms with Crippen LogP contribution < -0.4 is 10.5 Å². The van der Waals surface area contributed by atoms with Crippen LogP contribution in [-0.4, -0.2) is 12.1 Å². The average molecular weight is 262 g/mol. The molecule has 1 heterocycles. The van der Waals surface area contributed by atoms with Crippen molar-refractivity contribution >= 4 is 16.5 Å². The number of aryl methyl sites for hydroxylation is 2. The minimum absolute atomic E-state index is 0.645. The van der Waals surface area contributed by atoms with Gasteiger partial charge in [-0.1, -0.05) is 19.1 Å². The molecule has 1 aromatic heterocycles. The summed E-state index contributed by atoms with van der Waals surface area (Å²) in [6, 6.07) is 6.31. The Labute approximate surface area is 112 Å². The lowest BCUT2D eigenvalue weighted by Crippen LogP contribution is -1.96. The highest BCUT2D eigenvalue weighted by atomic mass is 32.1. The number of anilines is 1. The summed E-state index contributed by atoms with van der Waals surface area (Å²) in [6.45, 7) is 4.20. The fourth-order valence-corrected chi connectivity index (χ4v) is 2.73. The van der Waals surface area contributed by atoms with Crippen molar-refractivity contribution in [3.63, 3.8) is 0 Å². The topological polar surface area (TPSA) is 48.1 Å². The summed E-state index contributed by atoms with van der Waals surface area (Å²) in [5.41, 5.74) is 9.28. The molecule has 2 aromatic rings. The zero-order valence-electron chi connectivity index (χ0n) is 11.0. The Balaban J connectivity index is 2.27. The van der Waals surface area contributed by atoms with Gasteiger partial charge < -0.3 is 10.5 Å². The van der Waals surface area contributed by atoms with Crippen molar-refractivity contribution in [3.05, 3.63) is 39.9 Å². The summed E-state index contributed by atoms with van der Waals surface area (Å²) in [5, 5.41) is 0.645. The number of methoxy groups -OCH3 is 1. The Hall–Kier alpha value is -1.55. The number of rotatable bonds is 4. The fourth-order valence-electron chi connectivity index (χ4n) is 2.03. The number of ether oxygens (including phenoxy) is 1. The van der Waals surface area contributed by atoms with Crippen molar-refractivity contribution in [1.29, 1.82) is 0 Å². The summed E-state index contributed by atoms with van der Waals surface area (Å²) in [7, 11) is 1.71. The number of nitrogens with two attached hydrogens (primary N) is 1. The first-order chi connectivity index (χ1) is 8.63. The van der Waals surface area contributed by atoms with E-state index in [1.807, 2.05) is 6.07 Å². The second-order valence-electron chi connectivity index (χ2n) is 4.23. The molecule has 0 saturated carbocycles. The van der Waals surface area contributed by atoms with Gasteiger partial charge in [0.1, 0.15) is 5.75 Å².